The van der Waals surface area contributed by atoms with Gasteiger partial charge in [-0.05, 0) is 44.2 Å². The molecule has 0 radical (unpaired) electrons. The van der Waals surface area contributed by atoms with E-state index in [1.807, 2.05) is 26.0 Å². The third kappa shape index (κ3) is 4.42. The summed E-state index contributed by atoms with van der Waals surface area (Å²) in [6, 6.07) is 5.24. The molecule has 120 valence electrons. The standard InChI is InChI=1S/C15H24N2O2S.ClH/c1-11-7-8-15(12(2)9-11)20(18,19)17-14(10-16)13-5-3-4-6-13;/h7-9,13-14,17H,3-6,10,16H2,1-2H3;1H. The molecule has 1 aromatic rings. The lowest BCUT2D eigenvalue weighted by Crippen LogP contribution is -2.44. The molecule has 2 rings (SSSR count). The SMILES string of the molecule is Cc1ccc(S(=O)(=O)NC(CN)C2CCCC2)c(C)c1.Cl. The molecule has 0 amide bonds. The summed E-state index contributed by atoms with van der Waals surface area (Å²) in [5.41, 5.74) is 7.61. The van der Waals surface area contributed by atoms with E-state index in [4.69, 9.17) is 5.73 Å². The van der Waals surface area contributed by atoms with Crippen molar-refractivity contribution in [3.05, 3.63) is 29.3 Å². The Balaban J connectivity index is 0.00000220. The first-order chi connectivity index (χ1) is 9.44. The van der Waals surface area contributed by atoms with E-state index in [-0.39, 0.29) is 18.4 Å². The Labute approximate surface area is 134 Å². The minimum atomic E-state index is -3.49. The van der Waals surface area contributed by atoms with Crippen molar-refractivity contribution in [2.24, 2.45) is 11.7 Å². The van der Waals surface area contributed by atoms with Crippen molar-refractivity contribution in [1.29, 1.82) is 0 Å². The van der Waals surface area contributed by atoms with Crippen LogP contribution in [0.5, 0.6) is 0 Å². The summed E-state index contributed by atoms with van der Waals surface area (Å²) in [6.45, 7) is 4.14. The topological polar surface area (TPSA) is 72.2 Å². The number of nitrogens with one attached hydrogen (secondary N) is 1. The van der Waals surface area contributed by atoms with Crippen molar-refractivity contribution in [2.75, 3.05) is 6.54 Å². The van der Waals surface area contributed by atoms with Crippen LogP contribution in [-0.4, -0.2) is 21.0 Å². The zero-order valence-electron chi connectivity index (χ0n) is 12.6. The van der Waals surface area contributed by atoms with E-state index in [0.29, 0.717) is 17.4 Å². The molecule has 1 fully saturated rings. The van der Waals surface area contributed by atoms with Gasteiger partial charge in [0, 0.05) is 12.6 Å². The van der Waals surface area contributed by atoms with Crippen LogP contribution >= 0.6 is 12.4 Å². The number of benzene rings is 1. The maximum atomic E-state index is 12.5. The third-order valence-corrected chi connectivity index (χ3v) is 5.80. The zero-order valence-corrected chi connectivity index (χ0v) is 14.3. The van der Waals surface area contributed by atoms with Crippen LogP contribution < -0.4 is 10.5 Å². The highest BCUT2D eigenvalue weighted by Crippen LogP contribution is 2.28. The molecule has 1 aliphatic carbocycles. The van der Waals surface area contributed by atoms with Gasteiger partial charge in [-0.1, -0.05) is 30.5 Å². The van der Waals surface area contributed by atoms with E-state index in [2.05, 4.69) is 4.72 Å². The molecular weight excluding hydrogens is 308 g/mol. The van der Waals surface area contributed by atoms with Crippen LogP contribution in [0.2, 0.25) is 0 Å². The van der Waals surface area contributed by atoms with Gasteiger partial charge in [-0.15, -0.1) is 12.4 Å². The lowest BCUT2D eigenvalue weighted by atomic mass is 9.99. The summed E-state index contributed by atoms with van der Waals surface area (Å²) in [4.78, 5) is 0.361. The molecule has 0 bridgehead atoms. The lowest BCUT2D eigenvalue weighted by molar-refractivity contribution is 0.405. The highest BCUT2D eigenvalue weighted by molar-refractivity contribution is 7.89. The van der Waals surface area contributed by atoms with E-state index in [1.54, 1.807) is 6.07 Å². The van der Waals surface area contributed by atoms with Gasteiger partial charge in [0.1, 0.15) is 0 Å². The molecule has 21 heavy (non-hydrogen) atoms. The van der Waals surface area contributed by atoms with Gasteiger partial charge >= 0.3 is 0 Å². The molecule has 6 heteroatoms. The zero-order chi connectivity index (χ0) is 14.8. The molecule has 0 spiro atoms. The Hall–Kier alpha value is -0.620. The Morgan fingerprint density at radius 1 is 1.29 bits per heavy atom. The van der Waals surface area contributed by atoms with E-state index in [9.17, 15) is 8.42 Å². The van der Waals surface area contributed by atoms with Crippen LogP contribution in [0.4, 0.5) is 0 Å². The number of hydrogen-bond acceptors (Lipinski definition) is 3. The van der Waals surface area contributed by atoms with Crippen molar-refractivity contribution in [3.63, 3.8) is 0 Å². The number of rotatable bonds is 5. The first kappa shape index (κ1) is 18.4. The number of nitrogens with two attached hydrogens (primary N) is 1. The lowest BCUT2D eigenvalue weighted by Gasteiger charge is -2.23. The summed E-state index contributed by atoms with van der Waals surface area (Å²) in [5.74, 6) is 0.375. The van der Waals surface area contributed by atoms with Crippen LogP contribution in [0.25, 0.3) is 0 Å². The number of aryl methyl sites for hydroxylation is 2. The fourth-order valence-corrected chi connectivity index (χ4v) is 4.60. The van der Waals surface area contributed by atoms with Crippen molar-refractivity contribution in [2.45, 2.75) is 50.5 Å². The minimum Gasteiger partial charge on any atom is -0.329 e. The number of hydrogen-bond donors (Lipinski definition) is 2. The molecular formula is C15H25ClN2O2S. The van der Waals surface area contributed by atoms with Crippen LogP contribution in [0.3, 0.4) is 0 Å². The molecule has 3 N–H and O–H groups in total. The maximum absolute atomic E-state index is 12.5. The van der Waals surface area contributed by atoms with Crippen molar-refractivity contribution in [3.8, 4) is 0 Å². The second kappa shape index (κ2) is 7.58. The van der Waals surface area contributed by atoms with E-state index >= 15 is 0 Å². The first-order valence-electron chi connectivity index (χ1n) is 7.23. The van der Waals surface area contributed by atoms with Gasteiger partial charge in [-0.2, -0.15) is 0 Å². The van der Waals surface area contributed by atoms with Crippen LogP contribution in [-0.2, 0) is 10.0 Å². The van der Waals surface area contributed by atoms with E-state index in [0.717, 1.165) is 24.0 Å². The molecule has 1 aliphatic rings. The smallest absolute Gasteiger partial charge is 0.241 e. The largest absolute Gasteiger partial charge is 0.329 e. The van der Waals surface area contributed by atoms with Crippen LogP contribution in [0.1, 0.15) is 36.8 Å². The summed E-state index contributed by atoms with van der Waals surface area (Å²) in [7, 11) is -3.49. The number of halogens is 1. The average molecular weight is 333 g/mol. The van der Waals surface area contributed by atoms with Gasteiger partial charge in [-0.25, -0.2) is 13.1 Å². The second-order valence-corrected chi connectivity index (χ2v) is 7.46. The minimum absolute atomic E-state index is 0. The van der Waals surface area contributed by atoms with Gasteiger partial charge in [0.2, 0.25) is 10.0 Å². The molecule has 0 heterocycles. The van der Waals surface area contributed by atoms with E-state index < -0.39 is 10.0 Å². The summed E-state index contributed by atoms with van der Waals surface area (Å²) >= 11 is 0. The van der Waals surface area contributed by atoms with Gasteiger partial charge < -0.3 is 5.73 Å². The predicted octanol–water partition coefficient (Wildman–Crippen LogP) is 2.52. The Bertz CT molecular complexity index is 569. The van der Waals surface area contributed by atoms with Crippen LogP contribution in [0.15, 0.2) is 23.1 Å². The quantitative estimate of drug-likeness (QED) is 0.870. The molecule has 0 aromatic heterocycles. The molecule has 1 aromatic carbocycles. The van der Waals surface area contributed by atoms with Crippen molar-refractivity contribution < 1.29 is 8.42 Å². The fraction of sp³-hybridized carbons (Fsp3) is 0.600. The Morgan fingerprint density at radius 3 is 2.43 bits per heavy atom. The molecule has 1 unspecified atom stereocenters. The summed E-state index contributed by atoms with van der Waals surface area (Å²) < 4.78 is 27.9. The molecule has 0 saturated heterocycles. The average Bonchev–Trinajstić information content (AvgIpc) is 2.89. The highest BCUT2D eigenvalue weighted by atomic mass is 35.5. The molecule has 0 aliphatic heterocycles. The van der Waals surface area contributed by atoms with Gasteiger partial charge in [0.25, 0.3) is 0 Å². The van der Waals surface area contributed by atoms with Gasteiger partial charge in [-0.3, -0.25) is 0 Å². The van der Waals surface area contributed by atoms with Gasteiger partial charge in [0.15, 0.2) is 0 Å². The van der Waals surface area contributed by atoms with Crippen molar-refractivity contribution in [1.82, 2.24) is 4.72 Å². The first-order valence-corrected chi connectivity index (χ1v) is 8.72. The molecule has 4 nitrogen and oxygen atoms in total. The number of sulfonamides is 1. The third-order valence-electron chi connectivity index (χ3n) is 4.15. The van der Waals surface area contributed by atoms with Gasteiger partial charge in [0.05, 0.1) is 4.90 Å². The second-order valence-electron chi connectivity index (χ2n) is 5.78. The fourth-order valence-electron chi connectivity index (χ4n) is 3.06. The molecule has 1 atom stereocenters. The van der Waals surface area contributed by atoms with Crippen LogP contribution in [0, 0.1) is 19.8 Å². The molecule has 1 saturated carbocycles. The maximum Gasteiger partial charge on any atom is 0.241 e. The highest BCUT2D eigenvalue weighted by Gasteiger charge is 2.28. The Kier molecular flexibility index (Phi) is 6.66. The predicted molar refractivity (Wildman–Crippen MR) is 88.3 cm³/mol. The normalized spacial score (nSPS) is 17.5. The Morgan fingerprint density at radius 2 is 1.90 bits per heavy atom. The summed E-state index contributed by atoms with van der Waals surface area (Å²) in [6.07, 6.45) is 4.48. The van der Waals surface area contributed by atoms with E-state index in [1.165, 1.54) is 12.8 Å². The summed E-state index contributed by atoms with van der Waals surface area (Å²) in [5, 5.41) is 0. The monoisotopic (exact) mass is 332 g/mol. The van der Waals surface area contributed by atoms with Crippen molar-refractivity contribution >= 4 is 22.4 Å².